The van der Waals surface area contributed by atoms with Crippen molar-refractivity contribution in [3.05, 3.63) is 24.3 Å². The molecule has 0 amide bonds. The van der Waals surface area contributed by atoms with Crippen LogP contribution in [0.3, 0.4) is 0 Å². The molecule has 0 aliphatic rings. The number of hydrogen-bond donors (Lipinski definition) is 0. The van der Waals surface area contributed by atoms with Gasteiger partial charge in [-0.05, 0) is 18.2 Å². The van der Waals surface area contributed by atoms with Gasteiger partial charge in [-0.1, -0.05) is 0 Å². The van der Waals surface area contributed by atoms with E-state index in [0.29, 0.717) is 0 Å². The largest absolute Gasteiger partial charge is 0.435 e. The molecule has 75 valence electrons. The van der Waals surface area contributed by atoms with Gasteiger partial charge in [0, 0.05) is 13.0 Å². The number of benzene rings is 1. The molecule has 0 aliphatic carbocycles. The Hall–Kier alpha value is -1.65. The molecule has 0 unspecified atom stereocenters. The van der Waals surface area contributed by atoms with Crippen molar-refractivity contribution >= 4 is 5.97 Å². The van der Waals surface area contributed by atoms with Gasteiger partial charge in [0.1, 0.15) is 11.5 Å². The summed E-state index contributed by atoms with van der Waals surface area (Å²) in [5.41, 5.74) is 0. The summed E-state index contributed by atoms with van der Waals surface area (Å²) in [6.45, 7) is -1.70. The van der Waals surface area contributed by atoms with Crippen LogP contribution >= 0.6 is 0 Å². The van der Waals surface area contributed by atoms with E-state index in [0.717, 1.165) is 0 Å². The third kappa shape index (κ3) is 3.38. The van der Waals surface area contributed by atoms with Crippen molar-refractivity contribution in [1.29, 1.82) is 0 Å². The molecular formula is C9H7F2O3. The SMILES string of the molecule is CC(=O)Oc1c[c]cc(OC(F)F)c1. The summed E-state index contributed by atoms with van der Waals surface area (Å²) in [4.78, 5) is 10.5. The lowest BCUT2D eigenvalue weighted by Gasteiger charge is -2.05. The first-order chi connectivity index (χ1) is 6.58. The first-order valence-corrected chi connectivity index (χ1v) is 3.72. The van der Waals surface area contributed by atoms with Crippen molar-refractivity contribution in [2.75, 3.05) is 0 Å². The summed E-state index contributed by atoms with van der Waals surface area (Å²) in [5, 5.41) is 0. The average molecular weight is 201 g/mol. The third-order valence-corrected chi connectivity index (χ3v) is 1.22. The summed E-state index contributed by atoms with van der Waals surface area (Å²) in [6.07, 6.45) is 0. The quantitative estimate of drug-likeness (QED) is 0.554. The normalized spacial score (nSPS) is 10.0. The van der Waals surface area contributed by atoms with Gasteiger partial charge in [0.25, 0.3) is 0 Å². The molecule has 1 radical (unpaired) electrons. The van der Waals surface area contributed by atoms with Crippen LogP contribution in [0.25, 0.3) is 0 Å². The minimum Gasteiger partial charge on any atom is -0.435 e. The maximum absolute atomic E-state index is 11.8. The van der Waals surface area contributed by atoms with Crippen molar-refractivity contribution in [2.45, 2.75) is 13.5 Å². The molecule has 0 fully saturated rings. The molecule has 0 aliphatic heterocycles. The zero-order chi connectivity index (χ0) is 10.6. The van der Waals surface area contributed by atoms with Crippen LogP contribution in [0.1, 0.15) is 6.92 Å². The number of rotatable bonds is 3. The van der Waals surface area contributed by atoms with Crippen LogP contribution in [0.15, 0.2) is 18.2 Å². The highest BCUT2D eigenvalue weighted by molar-refractivity contribution is 5.69. The van der Waals surface area contributed by atoms with Crippen molar-refractivity contribution in [3.63, 3.8) is 0 Å². The Labute approximate surface area is 79.2 Å². The lowest BCUT2D eigenvalue weighted by Crippen LogP contribution is -2.04. The third-order valence-electron chi connectivity index (χ3n) is 1.22. The first-order valence-electron chi connectivity index (χ1n) is 3.72. The Bertz CT molecular complexity index is 326. The van der Waals surface area contributed by atoms with Crippen LogP contribution in [0.5, 0.6) is 11.5 Å². The second kappa shape index (κ2) is 4.55. The molecule has 0 saturated heterocycles. The van der Waals surface area contributed by atoms with Gasteiger partial charge in [0.15, 0.2) is 0 Å². The van der Waals surface area contributed by atoms with Crippen molar-refractivity contribution in [3.8, 4) is 11.5 Å². The Morgan fingerprint density at radius 2 is 2.07 bits per heavy atom. The molecule has 1 rings (SSSR count). The van der Waals surface area contributed by atoms with E-state index in [1.807, 2.05) is 0 Å². The van der Waals surface area contributed by atoms with Crippen molar-refractivity contribution in [2.24, 2.45) is 0 Å². The molecule has 0 heterocycles. The molecule has 0 N–H and O–H groups in total. The van der Waals surface area contributed by atoms with Gasteiger partial charge in [-0.2, -0.15) is 8.78 Å². The Morgan fingerprint density at radius 3 is 2.64 bits per heavy atom. The number of ether oxygens (including phenoxy) is 2. The Kier molecular flexibility index (Phi) is 3.39. The highest BCUT2D eigenvalue weighted by Gasteiger charge is 2.05. The van der Waals surface area contributed by atoms with Gasteiger partial charge in [-0.3, -0.25) is 4.79 Å². The molecule has 1 aromatic carbocycles. The Morgan fingerprint density at radius 1 is 1.43 bits per heavy atom. The predicted molar refractivity (Wildman–Crippen MR) is 43.2 cm³/mol. The molecule has 0 atom stereocenters. The van der Waals surface area contributed by atoms with Crippen molar-refractivity contribution in [1.82, 2.24) is 0 Å². The Balaban J connectivity index is 2.73. The zero-order valence-corrected chi connectivity index (χ0v) is 7.29. The van der Waals surface area contributed by atoms with E-state index in [1.165, 1.54) is 25.1 Å². The van der Waals surface area contributed by atoms with Gasteiger partial charge in [0.2, 0.25) is 0 Å². The molecule has 14 heavy (non-hydrogen) atoms. The molecule has 0 bridgehead atoms. The van der Waals surface area contributed by atoms with E-state index in [1.54, 1.807) is 0 Å². The van der Waals surface area contributed by atoms with E-state index in [2.05, 4.69) is 15.5 Å². The summed E-state index contributed by atoms with van der Waals surface area (Å²) in [5.74, 6) is -0.512. The molecule has 1 aromatic rings. The average Bonchev–Trinajstić information content (AvgIpc) is 2.01. The fourth-order valence-corrected chi connectivity index (χ4v) is 0.825. The number of carbonyl (C=O) groups is 1. The molecular weight excluding hydrogens is 194 g/mol. The van der Waals surface area contributed by atoms with Crippen molar-refractivity contribution < 1.29 is 23.0 Å². The van der Waals surface area contributed by atoms with E-state index in [9.17, 15) is 13.6 Å². The van der Waals surface area contributed by atoms with E-state index in [-0.39, 0.29) is 11.5 Å². The van der Waals surface area contributed by atoms with Gasteiger partial charge in [0.05, 0.1) is 0 Å². The smallest absolute Gasteiger partial charge is 0.387 e. The highest BCUT2D eigenvalue weighted by atomic mass is 19.3. The predicted octanol–water partition coefficient (Wildman–Crippen LogP) is 2.01. The standard InChI is InChI=1S/C9H7F2O3/c1-6(12)13-7-3-2-4-8(5-7)14-9(10)11/h3-5,9H,1H3. The number of alkyl halides is 2. The summed E-state index contributed by atoms with van der Waals surface area (Å²) in [6, 6.07) is 6.26. The van der Waals surface area contributed by atoms with E-state index >= 15 is 0 Å². The number of halogens is 2. The summed E-state index contributed by atoms with van der Waals surface area (Å²) in [7, 11) is 0. The number of esters is 1. The first kappa shape index (κ1) is 10.4. The highest BCUT2D eigenvalue weighted by Crippen LogP contribution is 2.20. The minimum atomic E-state index is -2.91. The second-order valence-electron chi connectivity index (χ2n) is 2.38. The molecule has 3 nitrogen and oxygen atoms in total. The van der Waals surface area contributed by atoms with Crippen LogP contribution in [0, 0.1) is 6.07 Å². The van der Waals surface area contributed by atoms with Gasteiger partial charge >= 0.3 is 12.6 Å². The lowest BCUT2D eigenvalue weighted by molar-refractivity contribution is -0.131. The second-order valence-corrected chi connectivity index (χ2v) is 2.38. The van der Waals surface area contributed by atoms with Crippen LogP contribution in [0.4, 0.5) is 8.78 Å². The topological polar surface area (TPSA) is 35.5 Å². The molecule has 0 saturated carbocycles. The van der Waals surface area contributed by atoms with Gasteiger partial charge in [-0.15, -0.1) is 0 Å². The van der Waals surface area contributed by atoms with Crippen LogP contribution in [-0.2, 0) is 4.79 Å². The monoisotopic (exact) mass is 201 g/mol. The maximum atomic E-state index is 11.8. The fraction of sp³-hybridized carbons (Fsp3) is 0.222. The summed E-state index contributed by atoms with van der Waals surface area (Å²) < 4.78 is 32.3. The van der Waals surface area contributed by atoms with Crippen LogP contribution in [0.2, 0.25) is 0 Å². The maximum Gasteiger partial charge on any atom is 0.387 e. The molecule has 5 heteroatoms. The fourth-order valence-electron chi connectivity index (χ4n) is 0.825. The number of hydrogen-bond acceptors (Lipinski definition) is 3. The molecule has 0 aromatic heterocycles. The zero-order valence-electron chi connectivity index (χ0n) is 7.29. The van der Waals surface area contributed by atoms with E-state index < -0.39 is 12.6 Å². The van der Waals surface area contributed by atoms with Gasteiger partial charge in [-0.25, -0.2) is 0 Å². The lowest BCUT2D eigenvalue weighted by atomic mass is 10.3. The van der Waals surface area contributed by atoms with E-state index in [4.69, 9.17) is 0 Å². The van der Waals surface area contributed by atoms with Crippen LogP contribution in [-0.4, -0.2) is 12.6 Å². The number of carbonyl (C=O) groups excluding carboxylic acids is 1. The van der Waals surface area contributed by atoms with Crippen LogP contribution < -0.4 is 9.47 Å². The molecule has 0 spiro atoms. The summed E-state index contributed by atoms with van der Waals surface area (Å²) >= 11 is 0. The van der Waals surface area contributed by atoms with Gasteiger partial charge < -0.3 is 9.47 Å². The minimum absolute atomic E-state index is 0.0984.